The molecule has 2 heterocycles. The van der Waals surface area contributed by atoms with Gasteiger partial charge in [0.2, 0.25) is 6.79 Å². The first-order chi connectivity index (χ1) is 10.5. The van der Waals surface area contributed by atoms with Crippen LogP contribution in [0.1, 0.15) is 27.2 Å². The van der Waals surface area contributed by atoms with E-state index in [1.165, 1.54) is 6.08 Å². The van der Waals surface area contributed by atoms with E-state index in [2.05, 4.69) is 4.98 Å². The van der Waals surface area contributed by atoms with Gasteiger partial charge in [0.1, 0.15) is 0 Å². The molecule has 0 atom stereocenters. The molecule has 1 aliphatic heterocycles. The van der Waals surface area contributed by atoms with Crippen LogP contribution in [0, 0.1) is 13.8 Å². The van der Waals surface area contributed by atoms with E-state index in [4.69, 9.17) is 9.47 Å². The number of hydrogen-bond donors (Lipinski definition) is 1. The standard InChI is InChI=1S/C17H15NO4/c1-10-7-11(2)18-17(20)16(10)13(19)5-3-12-4-6-14-15(8-12)22-9-21-14/h3-8H,9H2,1-2H3,(H,18,20)/b5-3+. The second-order valence-electron chi connectivity index (χ2n) is 5.15. The Balaban J connectivity index is 1.87. The highest BCUT2D eigenvalue weighted by molar-refractivity contribution is 6.07. The molecule has 0 unspecified atom stereocenters. The van der Waals surface area contributed by atoms with Crippen LogP contribution >= 0.6 is 0 Å². The summed E-state index contributed by atoms with van der Waals surface area (Å²) in [5, 5.41) is 0. The summed E-state index contributed by atoms with van der Waals surface area (Å²) in [4.78, 5) is 26.8. The summed E-state index contributed by atoms with van der Waals surface area (Å²) in [6.07, 6.45) is 3.05. The van der Waals surface area contributed by atoms with Crippen LogP contribution in [0.3, 0.4) is 0 Å². The van der Waals surface area contributed by atoms with Gasteiger partial charge < -0.3 is 14.5 Å². The van der Waals surface area contributed by atoms with Gasteiger partial charge in [-0.25, -0.2) is 0 Å². The zero-order valence-electron chi connectivity index (χ0n) is 12.3. The maximum atomic E-state index is 12.2. The molecule has 5 heteroatoms. The van der Waals surface area contributed by atoms with Crippen molar-refractivity contribution in [2.75, 3.05) is 6.79 Å². The number of carbonyl (C=O) groups excluding carboxylic acids is 1. The quantitative estimate of drug-likeness (QED) is 0.698. The van der Waals surface area contributed by atoms with Crippen LogP contribution in [-0.4, -0.2) is 17.6 Å². The van der Waals surface area contributed by atoms with Gasteiger partial charge in [0.15, 0.2) is 17.3 Å². The van der Waals surface area contributed by atoms with Crippen LogP contribution in [0.2, 0.25) is 0 Å². The number of ether oxygens (including phenoxy) is 2. The summed E-state index contributed by atoms with van der Waals surface area (Å²) < 4.78 is 10.5. The molecule has 0 amide bonds. The maximum Gasteiger partial charge on any atom is 0.259 e. The van der Waals surface area contributed by atoms with Crippen molar-refractivity contribution >= 4 is 11.9 Å². The summed E-state index contributed by atoms with van der Waals surface area (Å²) in [5.74, 6) is 1.02. The van der Waals surface area contributed by atoms with Gasteiger partial charge in [0.05, 0.1) is 5.56 Å². The molecule has 0 radical (unpaired) electrons. The third kappa shape index (κ3) is 2.65. The fraction of sp³-hybridized carbons (Fsp3) is 0.176. The Kier molecular flexibility index (Phi) is 3.55. The molecular formula is C17H15NO4. The molecule has 0 spiro atoms. The lowest BCUT2D eigenvalue weighted by Gasteiger charge is -2.02. The van der Waals surface area contributed by atoms with Gasteiger partial charge in [-0.05, 0) is 49.2 Å². The molecule has 3 rings (SSSR count). The van der Waals surface area contributed by atoms with Crippen molar-refractivity contribution in [1.29, 1.82) is 0 Å². The number of H-pyrrole nitrogens is 1. The molecule has 0 bridgehead atoms. The number of benzene rings is 1. The molecule has 1 aromatic heterocycles. The van der Waals surface area contributed by atoms with Gasteiger partial charge in [0.25, 0.3) is 5.56 Å². The lowest BCUT2D eigenvalue weighted by Crippen LogP contribution is -2.19. The Labute approximate surface area is 127 Å². The Bertz CT molecular complexity index is 833. The fourth-order valence-electron chi connectivity index (χ4n) is 2.43. The number of aryl methyl sites for hydroxylation is 2. The highest BCUT2D eigenvalue weighted by Gasteiger charge is 2.14. The van der Waals surface area contributed by atoms with Crippen molar-refractivity contribution in [3.8, 4) is 11.5 Å². The second kappa shape index (κ2) is 5.52. The van der Waals surface area contributed by atoms with E-state index in [1.807, 2.05) is 6.07 Å². The summed E-state index contributed by atoms with van der Waals surface area (Å²) in [5.41, 5.74) is 2.01. The number of pyridine rings is 1. The largest absolute Gasteiger partial charge is 0.454 e. The van der Waals surface area contributed by atoms with Gasteiger partial charge in [-0.2, -0.15) is 0 Å². The highest BCUT2D eigenvalue weighted by Crippen LogP contribution is 2.32. The van der Waals surface area contributed by atoms with Gasteiger partial charge in [0, 0.05) is 5.69 Å². The molecule has 0 saturated carbocycles. The fourth-order valence-corrected chi connectivity index (χ4v) is 2.43. The van der Waals surface area contributed by atoms with E-state index in [9.17, 15) is 9.59 Å². The lowest BCUT2D eigenvalue weighted by atomic mass is 10.0. The maximum absolute atomic E-state index is 12.2. The summed E-state index contributed by atoms with van der Waals surface area (Å²) in [6.45, 7) is 3.74. The molecule has 1 N–H and O–H groups in total. The topological polar surface area (TPSA) is 68.4 Å². The normalized spacial score (nSPS) is 12.8. The summed E-state index contributed by atoms with van der Waals surface area (Å²) in [6, 6.07) is 7.18. The van der Waals surface area contributed by atoms with E-state index in [0.29, 0.717) is 17.1 Å². The average Bonchev–Trinajstić information content (AvgIpc) is 2.91. The van der Waals surface area contributed by atoms with Crippen molar-refractivity contribution in [2.24, 2.45) is 0 Å². The van der Waals surface area contributed by atoms with Gasteiger partial charge in [-0.3, -0.25) is 9.59 Å². The molecular weight excluding hydrogens is 282 g/mol. The molecule has 112 valence electrons. The summed E-state index contributed by atoms with van der Waals surface area (Å²) in [7, 11) is 0. The van der Waals surface area contributed by atoms with Crippen molar-refractivity contribution in [1.82, 2.24) is 4.98 Å². The van der Waals surface area contributed by atoms with Crippen molar-refractivity contribution in [3.05, 3.63) is 63.1 Å². The lowest BCUT2D eigenvalue weighted by molar-refractivity contribution is 0.104. The van der Waals surface area contributed by atoms with Crippen LogP contribution in [0.5, 0.6) is 11.5 Å². The number of nitrogens with one attached hydrogen (secondary N) is 1. The number of ketones is 1. The Hall–Kier alpha value is -2.82. The van der Waals surface area contributed by atoms with Crippen LogP contribution in [0.25, 0.3) is 6.08 Å². The van der Waals surface area contributed by atoms with Gasteiger partial charge in [-0.1, -0.05) is 12.1 Å². The molecule has 5 nitrogen and oxygen atoms in total. The van der Waals surface area contributed by atoms with Crippen LogP contribution in [-0.2, 0) is 0 Å². The number of hydrogen-bond acceptors (Lipinski definition) is 4. The molecule has 0 fully saturated rings. The van der Waals surface area contributed by atoms with Gasteiger partial charge >= 0.3 is 0 Å². The van der Waals surface area contributed by atoms with E-state index in [-0.39, 0.29) is 23.7 Å². The number of aromatic nitrogens is 1. The van der Waals surface area contributed by atoms with Crippen LogP contribution in [0.4, 0.5) is 0 Å². The minimum absolute atomic E-state index is 0.169. The first-order valence-corrected chi connectivity index (χ1v) is 6.87. The van der Waals surface area contributed by atoms with Crippen molar-refractivity contribution in [3.63, 3.8) is 0 Å². The molecule has 0 aliphatic carbocycles. The van der Waals surface area contributed by atoms with Crippen molar-refractivity contribution in [2.45, 2.75) is 13.8 Å². The number of allylic oxidation sites excluding steroid dienone is 1. The first kappa shape index (κ1) is 14.1. The Morgan fingerprint density at radius 3 is 2.73 bits per heavy atom. The zero-order valence-corrected chi connectivity index (χ0v) is 12.3. The third-order valence-corrected chi connectivity index (χ3v) is 3.44. The van der Waals surface area contributed by atoms with Crippen LogP contribution < -0.4 is 15.0 Å². The SMILES string of the molecule is Cc1cc(C)c(C(=O)/C=C/c2ccc3c(c2)OCO3)c(=O)[nH]1. The predicted octanol–water partition coefficient (Wildman–Crippen LogP) is 2.62. The third-order valence-electron chi connectivity index (χ3n) is 3.44. The highest BCUT2D eigenvalue weighted by atomic mass is 16.7. The molecule has 0 saturated heterocycles. The van der Waals surface area contributed by atoms with E-state index in [0.717, 1.165) is 11.3 Å². The first-order valence-electron chi connectivity index (χ1n) is 6.87. The average molecular weight is 297 g/mol. The minimum atomic E-state index is -0.363. The van der Waals surface area contributed by atoms with E-state index in [1.54, 1.807) is 38.1 Å². The molecule has 22 heavy (non-hydrogen) atoms. The minimum Gasteiger partial charge on any atom is -0.454 e. The number of rotatable bonds is 3. The smallest absolute Gasteiger partial charge is 0.259 e. The summed E-state index contributed by atoms with van der Waals surface area (Å²) >= 11 is 0. The van der Waals surface area contributed by atoms with Crippen molar-refractivity contribution < 1.29 is 14.3 Å². The predicted molar refractivity (Wildman–Crippen MR) is 82.5 cm³/mol. The zero-order chi connectivity index (χ0) is 15.7. The second-order valence-corrected chi connectivity index (χ2v) is 5.15. The molecule has 2 aromatic rings. The van der Waals surface area contributed by atoms with Crippen LogP contribution in [0.15, 0.2) is 35.1 Å². The monoisotopic (exact) mass is 297 g/mol. The van der Waals surface area contributed by atoms with E-state index >= 15 is 0 Å². The number of aromatic amines is 1. The van der Waals surface area contributed by atoms with E-state index < -0.39 is 0 Å². The number of carbonyl (C=O) groups is 1. The van der Waals surface area contributed by atoms with Gasteiger partial charge in [-0.15, -0.1) is 0 Å². The molecule has 1 aliphatic rings. The Morgan fingerprint density at radius 2 is 1.95 bits per heavy atom. The Morgan fingerprint density at radius 1 is 1.18 bits per heavy atom. The molecule has 1 aromatic carbocycles. The number of fused-ring (bicyclic) bond motifs is 1.